The van der Waals surface area contributed by atoms with Crippen molar-refractivity contribution in [3.63, 3.8) is 0 Å². The van der Waals surface area contributed by atoms with Crippen molar-refractivity contribution in [3.05, 3.63) is 65.7 Å². The second-order valence-electron chi connectivity index (χ2n) is 11.7. The van der Waals surface area contributed by atoms with Crippen molar-refractivity contribution >= 4 is 17.8 Å². The minimum absolute atomic E-state index is 0.120. The molecule has 0 bridgehead atoms. The van der Waals surface area contributed by atoms with Crippen LogP contribution in [-0.2, 0) is 36.9 Å². The summed E-state index contributed by atoms with van der Waals surface area (Å²) < 4.78 is 16.8. The molecule has 0 saturated carbocycles. The van der Waals surface area contributed by atoms with Crippen molar-refractivity contribution in [2.75, 3.05) is 39.5 Å². The van der Waals surface area contributed by atoms with Gasteiger partial charge in [-0.1, -0.05) is 42.5 Å². The van der Waals surface area contributed by atoms with E-state index >= 15 is 0 Å². The third-order valence-electron chi connectivity index (χ3n) is 6.94. The van der Waals surface area contributed by atoms with Gasteiger partial charge in [-0.3, -0.25) is 14.5 Å². The molecule has 1 saturated heterocycles. The number of aliphatic hydroxyl groups excluding tert-OH is 1. The van der Waals surface area contributed by atoms with Gasteiger partial charge in [0.25, 0.3) is 0 Å². The van der Waals surface area contributed by atoms with Gasteiger partial charge in [0, 0.05) is 32.7 Å². The van der Waals surface area contributed by atoms with Crippen LogP contribution in [0, 0.1) is 0 Å². The van der Waals surface area contributed by atoms with Gasteiger partial charge in [0.15, 0.2) is 0 Å². The quantitative estimate of drug-likeness (QED) is 0.252. The van der Waals surface area contributed by atoms with Crippen LogP contribution in [0.3, 0.4) is 0 Å². The third kappa shape index (κ3) is 13.1. The maximum atomic E-state index is 13.4. The molecule has 1 aliphatic rings. The van der Waals surface area contributed by atoms with E-state index in [4.69, 9.17) is 14.2 Å². The van der Waals surface area contributed by atoms with E-state index in [0.29, 0.717) is 45.6 Å². The van der Waals surface area contributed by atoms with Gasteiger partial charge in [0.1, 0.15) is 30.0 Å². The second kappa shape index (κ2) is 17.6. The number of amides is 2. The summed E-state index contributed by atoms with van der Waals surface area (Å²) in [6, 6.07) is 15.8. The van der Waals surface area contributed by atoms with Crippen molar-refractivity contribution in [2.45, 2.75) is 77.2 Å². The summed E-state index contributed by atoms with van der Waals surface area (Å²) >= 11 is 0. The van der Waals surface area contributed by atoms with Crippen molar-refractivity contribution in [1.29, 1.82) is 0 Å². The number of nitrogens with zero attached hydrogens (tertiary/aromatic N) is 1. The first kappa shape index (κ1) is 34.0. The molecule has 0 spiro atoms. The number of rotatable bonds is 16. The van der Waals surface area contributed by atoms with Gasteiger partial charge in [0.05, 0.1) is 13.2 Å². The molecule has 2 aromatic rings. The van der Waals surface area contributed by atoms with Gasteiger partial charge in [-0.25, -0.2) is 4.79 Å². The number of ether oxygens (including phenoxy) is 3. The summed E-state index contributed by atoms with van der Waals surface area (Å²) in [5.74, 6) is -0.559. The number of esters is 1. The molecular weight excluding hydrogens is 550 g/mol. The molecule has 236 valence electrons. The van der Waals surface area contributed by atoms with Crippen LogP contribution in [0.2, 0.25) is 0 Å². The Bertz CT molecular complexity index is 1150. The van der Waals surface area contributed by atoms with Crippen LogP contribution >= 0.6 is 0 Å². The number of nitrogens with one attached hydrogen (secondary N) is 2. The summed E-state index contributed by atoms with van der Waals surface area (Å²) in [5.41, 5.74) is 1.29. The molecule has 0 unspecified atom stereocenters. The maximum absolute atomic E-state index is 13.4. The van der Waals surface area contributed by atoms with Crippen molar-refractivity contribution in [2.24, 2.45) is 0 Å². The molecular formula is C33H47N3O7. The fourth-order valence-corrected chi connectivity index (χ4v) is 4.65. The first-order valence-corrected chi connectivity index (χ1v) is 15.1. The topological polar surface area (TPSA) is 126 Å². The lowest BCUT2D eigenvalue weighted by Gasteiger charge is -2.29. The Hall–Kier alpha value is -3.47. The van der Waals surface area contributed by atoms with Gasteiger partial charge in [-0.15, -0.1) is 0 Å². The van der Waals surface area contributed by atoms with Crippen molar-refractivity contribution in [3.8, 4) is 5.75 Å². The van der Waals surface area contributed by atoms with E-state index in [1.165, 1.54) is 0 Å². The summed E-state index contributed by atoms with van der Waals surface area (Å²) in [6.07, 6.45) is 1.58. The van der Waals surface area contributed by atoms with Crippen LogP contribution in [0.4, 0.5) is 0 Å². The lowest BCUT2D eigenvalue weighted by molar-refractivity contribution is -0.159. The Kier molecular flexibility index (Phi) is 13.9. The molecule has 10 heteroatoms. The SMILES string of the molecule is CC(C)(C)OC(=O)[C@H](CCCO)NC(=O)[C@H](CCN1CCOCC1)NC(=O)CCc1cccc(OCc2ccccc2)c1. The van der Waals surface area contributed by atoms with Gasteiger partial charge in [-0.05, 0) is 69.7 Å². The lowest BCUT2D eigenvalue weighted by Crippen LogP contribution is -2.53. The van der Waals surface area contributed by atoms with E-state index in [9.17, 15) is 19.5 Å². The normalized spacial score (nSPS) is 15.3. The standard InChI is InChI=1S/C33H47N3O7/c1-33(2,3)43-32(40)29(13-8-20-37)35-31(39)28(16-17-36-18-21-41-22-19-36)34-30(38)15-14-25-11-7-12-27(23-25)42-24-26-9-5-4-6-10-26/h4-7,9-12,23,28-29,37H,8,13-22,24H2,1-3H3,(H,34,38)(H,35,39)/t28-,29-/m0/s1. The molecule has 0 aromatic heterocycles. The zero-order valence-electron chi connectivity index (χ0n) is 25.7. The minimum Gasteiger partial charge on any atom is -0.489 e. The second-order valence-corrected chi connectivity index (χ2v) is 11.7. The molecule has 10 nitrogen and oxygen atoms in total. The molecule has 0 aliphatic carbocycles. The molecule has 2 atom stereocenters. The molecule has 1 heterocycles. The molecule has 1 aliphatic heterocycles. The number of hydrogen-bond acceptors (Lipinski definition) is 8. The smallest absolute Gasteiger partial charge is 0.329 e. The molecule has 43 heavy (non-hydrogen) atoms. The van der Waals surface area contributed by atoms with Gasteiger partial charge >= 0.3 is 5.97 Å². The van der Waals surface area contributed by atoms with Gasteiger partial charge in [0.2, 0.25) is 11.8 Å². The molecule has 3 rings (SSSR count). The molecule has 2 amide bonds. The van der Waals surface area contributed by atoms with Crippen LogP contribution < -0.4 is 15.4 Å². The summed E-state index contributed by atoms with van der Waals surface area (Å²) in [4.78, 5) is 41.5. The number of benzene rings is 2. The van der Waals surface area contributed by atoms with Gasteiger partial charge in [-0.2, -0.15) is 0 Å². The van der Waals surface area contributed by atoms with E-state index in [1.807, 2.05) is 54.6 Å². The summed E-state index contributed by atoms with van der Waals surface area (Å²) in [5, 5.41) is 15.0. The largest absolute Gasteiger partial charge is 0.489 e. The highest BCUT2D eigenvalue weighted by Gasteiger charge is 2.30. The number of morpholine rings is 1. The van der Waals surface area contributed by atoms with E-state index in [-0.39, 0.29) is 25.4 Å². The number of carbonyl (C=O) groups excluding carboxylic acids is 3. The fraction of sp³-hybridized carbons (Fsp3) is 0.545. The average Bonchev–Trinajstić information content (AvgIpc) is 2.99. The highest BCUT2D eigenvalue weighted by atomic mass is 16.6. The number of hydrogen-bond donors (Lipinski definition) is 3. The number of carbonyl (C=O) groups is 3. The Balaban J connectivity index is 1.60. The van der Waals surface area contributed by atoms with Crippen LogP contribution in [-0.4, -0.2) is 84.9 Å². The zero-order valence-corrected chi connectivity index (χ0v) is 25.7. The van der Waals surface area contributed by atoms with E-state index in [0.717, 1.165) is 30.0 Å². The lowest BCUT2D eigenvalue weighted by atomic mass is 10.1. The summed E-state index contributed by atoms with van der Waals surface area (Å²) in [7, 11) is 0. The Morgan fingerprint density at radius 1 is 0.953 bits per heavy atom. The Morgan fingerprint density at radius 2 is 1.67 bits per heavy atom. The zero-order chi connectivity index (χ0) is 31.1. The van der Waals surface area contributed by atoms with E-state index < -0.39 is 29.6 Å². The van der Waals surface area contributed by atoms with E-state index in [1.54, 1.807) is 20.8 Å². The average molecular weight is 598 g/mol. The fourth-order valence-electron chi connectivity index (χ4n) is 4.65. The van der Waals surface area contributed by atoms with E-state index in [2.05, 4.69) is 15.5 Å². The molecule has 2 aromatic carbocycles. The first-order chi connectivity index (χ1) is 20.6. The molecule has 3 N–H and O–H groups in total. The van der Waals surface area contributed by atoms with Crippen LogP contribution in [0.25, 0.3) is 0 Å². The van der Waals surface area contributed by atoms with Crippen LogP contribution in [0.15, 0.2) is 54.6 Å². The van der Waals surface area contributed by atoms with Crippen LogP contribution in [0.5, 0.6) is 5.75 Å². The predicted molar refractivity (Wildman–Crippen MR) is 163 cm³/mol. The predicted octanol–water partition coefficient (Wildman–Crippen LogP) is 3.00. The molecule has 0 radical (unpaired) electrons. The highest BCUT2D eigenvalue weighted by Crippen LogP contribution is 2.17. The maximum Gasteiger partial charge on any atom is 0.329 e. The minimum atomic E-state index is -0.930. The number of aryl methyl sites for hydroxylation is 1. The molecule has 1 fully saturated rings. The Morgan fingerprint density at radius 3 is 2.37 bits per heavy atom. The van der Waals surface area contributed by atoms with Crippen molar-refractivity contribution < 1.29 is 33.7 Å². The number of aliphatic hydroxyl groups is 1. The van der Waals surface area contributed by atoms with Crippen molar-refractivity contribution in [1.82, 2.24) is 15.5 Å². The van der Waals surface area contributed by atoms with Gasteiger partial charge < -0.3 is 30.0 Å². The monoisotopic (exact) mass is 597 g/mol. The Labute approximate surface area is 255 Å². The first-order valence-electron chi connectivity index (χ1n) is 15.1. The van der Waals surface area contributed by atoms with Crippen LogP contribution in [0.1, 0.15) is 57.6 Å². The highest BCUT2D eigenvalue weighted by molar-refractivity contribution is 5.90. The summed E-state index contributed by atoms with van der Waals surface area (Å²) in [6.45, 7) is 8.95. The third-order valence-corrected chi connectivity index (χ3v) is 6.94.